The Kier molecular flexibility index (Phi) is 4.30. The van der Waals surface area contributed by atoms with Gasteiger partial charge in [-0.15, -0.1) is 0 Å². The summed E-state index contributed by atoms with van der Waals surface area (Å²) in [5, 5.41) is 10.5. The Balaban J connectivity index is 1.72. The van der Waals surface area contributed by atoms with Crippen molar-refractivity contribution in [1.29, 1.82) is 0 Å². The Morgan fingerprint density at radius 2 is 2.11 bits per heavy atom. The SMILES string of the molecule is Cc1cc(NC(=S)NCCc2ccccc2)no1. The first-order valence-electron chi connectivity index (χ1n) is 5.76. The Morgan fingerprint density at radius 1 is 1.33 bits per heavy atom. The number of anilines is 1. The van der Waals surface area contributed by atoms with Gasteiger partial charge in [0.2, 0.25) is 0 Å². The minimum Gasteiger partial charge on any atom is -0.362 e. The molecule has 1 aromatic heterocycles. The molecule has 0 radical (unpaired) electrons. The van der Waals surface area contributed by atoms with Crippen LogP contribution in [0.25, 0.3) is 0 Å². The van der Waals surface area contributed by atoms with Crippen molar-refractivity contribution in [1.82, 2.24) is 10.5 Å². The Labute approximate surface area is 111 Å². The molecule has 0 saturated carbocycles. The molecule has 4 nitrogen and oxygen atoms in total. The van der Waals surface area contributed by atoms with Gasteiger partial charge < -0.3 is 15.2 Å². The third-order valence-electron chi connectivity index (χ3n) is 2.41. The van der Waals surface area contributed by atoms with E-state index in [4.69, 9.17) is 16.7 Å². The van der Waals surface area contributed by atoms with E-state index < -0.39 is 0 Å². The number of aromatic nitrogens is 1. The smallest absolute Gasteiger partial charge is 0.175 e. The highest BCUT2D eigenvalue weighted by molar-refractivity contribution is 7.80. The van der Waals surface area contributed by atoms with Crippen LogP contribution in [0.5, 0.6) is 0 Å². The Bertz CT molecular complexity index is 510. The van der Waals surface area contributed by atoms with Crippen LogP contribution in [-0.2, 0) is 6.42 Å². The van der Waals surface area contributed by atoms with Crippen molar-refractivity contribution in [3.8, 4) is 0 Å². The zero-order valence-corrected chi connectivity index (χ0v) is 11.0. The third-order valence-corrected chi connectivity index (χ3v) is 2.66. The molecular formula is C13H15N3OS. The van der Waals surface area contributed by atoms with Crippen molar-refractivity contribution in [2.45, 2.75) is 13.3 Å². The summed E-state index contributed by atoms with van der Waals surface area (Å²) in [4.78, 5) is 0. The van der Waals surface area contributed by atoms with Gasteiger partial charge in [0, 0.05) is 12.6 Å². The number of hydrogen-bond acceptors (Lipinski definition) is 3. The number of rotatable bonds is 4. The van der Waals surface area contributed by atoms with Crippen LogP contribution in [0.15, 0.2) is 40.9 Å². The molecular weight excluding hydrogens is 246 g/mol. The molecule has 0 aliphatic heterocycles. The van der Waals surface area contributed by atoms with Gasteiger partial charge in [-0.1, -0.05) is 35.5 Å². The first-order valence-corrected chi connectivity index (χ1v) is 6.17. The summed E-state index contributed by atoms with van der Waals surface area (Å²) in [7, 11) is 0. The molecule has 0 fully saturated rings. The molecule has 2 rings (SSSR count). The molecule has 0 amide bonds. The summed E-state index contributed by atoms with van der Waals surface area (Å²) in [6, 6.07) is 12.1. The maximum Gasteiger partial charge on any atom is 0.175 e. The lowest BCUT2D eigenvalue weighted by molar-refractivity contribution is 0.400. The molecule has 0 aliphatic carbocycles. The van der Waals surface area contributed by atoms with Crippen LogP contribution >= 0.6 is 12.2 Å². The molecule has 0 spiro atoms. The number of nitrogens with one attached hydrogen (secondary N) is 2. The van der Waals surface area contributed by atoms with Gasteiger partial charge in [0.1, 0.15) is 5.76 Å². The standard InChI is InChI=1S/C13H15N3OS/c1-10-9-12(16-17-10)15-13(18)14-8-7-11-5-3-2-4-6-11/h2-6,9H,7-8H2,1H3,(H2,14,15,16,18). The summed E-state index contributed by atoms with van der Waals surface area (Å²) in [5.74, 6) is 1.38. The van der Waals surface area contributed by atoms with Crippen LogP contribution in [0.3, 0.4) is 0 Å². The molecule has 0 saturated heterocycles. The molecule has 0 aliphatic rings. The third kappa shape index (κ3) is 3.85. The van der Waals surface area contributed by atoms with Crippen molar-refractivity contribution in [3.63, 3.8) is 0 Å². The van der Waals surface area contributed by atoms with Crippen LogP contribution in [0, 0.1) is 6.92 Å². The lowest BCUT2D eigenvalue weighted by Crippen LogP contribution is -2.30. The van der Waals surface area contributed by atoms with E-state index in [2.05, 4.69) is 27.9 Å². The Hall–Kier alpha value is -1.88. The molecule has 0 unspecified atom stereocenters. The largest absolute Gasteiger partial charge is 0.362 e. The maximum absolute atomic E-state index is 5.16. The summed E-state index contributed by atoms with van der Waals surface area (Å²) in [6.07, 6.45) is 0.931. The molecule has 0 atom stereocenters. The molecule has 18 heavy (non-hydrogen) atoms. The van der Waals surface area contributed by atoms with E-state index in [1.807, 2.05) is 25.1 Å². The summed E-state index contributed by atoms with van der Waals surface area (Å²) in [6.45, 7) is 2.62. The predicted octanol–water partition coefficient (Wildman–Crippen LogP) is 2.51. The van der Waals surface area contributed by atoms with Gasteiger partial charge in [0.05, 0.1) is 0 Å². The van der Waals surface area contributed by atoms with Gasteiger partial charge in [0.25, 0.3) is 0 Å². The zero-order chi connectivity index (χ0) is 12.8. The zero-order valence-electron chi connectivity index (χ0n) is 10.1. The van der Waals surface area contributed by atoms with Gasteiger partial charge in [-0.2, -0.15) is 0 Å². The number of hydrogen-bond donors (Lipinski definition) is 2. The van der Waals surface area contributed by atoms with Gasteiger partial charge in [-0.3, -0.25) is 0 Å². The monoisotopic (exact) mass is 261 g/mol. The average Bonchev–Trinajstić information content (AvgIpc) is 2.76. The normalized spacial score (nSPS) is 10.1. The summed E-state index contributed by atoms with van der Waals surface area (Å²) >= 11 is 5.16. The molecule has 1 heterocycles. The lowest BCUT2D eigenvalue weighted by atomic mass is 10.1. The topological polar surface area (TPSA) is 50.1 Å². The fraction of sp³-hybridized carbons (Fsp3) is 0.231. The second-order valence-electron chi connectivity index (χ2n) is 3.94. The molecule has 2 aromatic rings. The van der Waals surface area contributed by atoms with E-state index in [-0.39, 0.29) is 0 Å². The lowest BCUT2D eigenvalue weighted by Gasteiger charge is -2.07. The highest BCUT2D eigenvalue weighted by Crippen LogP contribution is 2.06. The minimum atomic E-state index is 0.555. The van der Waals surface area contributed by atoms with Gasteiger partial charge in [-0.05, 0) is 31.1 Å². The fourth-order valence-electron chi connectivity index (χ4n) is 1.55. The van der Waals surface area contributed by atoms with E-state index in [0.29, 0.717) is 10.9 Å². The molecule has 5 heteroatoms. The van der Waals surface area contributed by atoms with E-state index in [1.165, 1.54) is 5.56 Å². The highest BCUT2D eigenvalue weighted by Gasteiger charge is 2.01. The first-order chi connectivity index (χ1) is 8.74. The van der Waals surface area contributed by atoms with E-state index in [0.717, 1.165) is 18.7 Å². The van der Waals surface area contributed by atoms with Crippen LogP contribution in [0.1, 0.15) is 11.3 Å². The van der Waals surface area contributed by atoms with Crippen LogP contribution < -0.4 is 10.6 Å². The van der Waals surface area contributed by atoms with Gasteiger partial charge in [0.15, 0.2) is 10.9 Å². The van der Waals surface area contributed by atoms with Crippen molar-refractivity contribution in [3.05, 3.63) is 47.7 Å². The summed E-state index contributed by atoms with van der Waals surface area (Å²) in [5.41, 5.74) is 1.28. The predicted molar refractivity (Wildman–Crippen MR) is 75.6 cm³/mol. The second-order valence-corrected chi connectivity index (χ2v) is 4.35. The number of nitrogens with zero attached hydrogens (tertiary/aromatic N) is 1. The molecule has 94 valence electrons. The minimum absolute atomic E-state index is 0.555. The Morgan fingerprint density at radius 3 is 2.78 bits per heavy atom. The van der Waals surface area contributed by atoms with Crippen molar-refractivity contribution < 1.29 is 4.52 Å². The average molecular weight is 261 g/mol. The van der Waals surface area contributed by atoms with Crippen LogP contribution in [-0.4, -0.2) is 16.8 Å². The van der Waals surface area contributed by atoms with E-state index in [1.54, 1.807) is 6.07 Å². The van der Waals surface area contributed by atoms with Crippen LogP contribution in [0.4, 0.5) is 5.82 Å². The van der Waals surface area contributed by atoms with Crippen LogP contribution in [0.2, 0.25) is 0 Å². The fourth-order valence-corrected chi connectivity index (χ4v) is 1.76. The van der Waals surface area contributed by atoms with Gasteiger partial charge >= 0.3 is 0 Å². The molecule has 1 aromatic carbocycles. The molecule has 2 N–H and O–H groups in total. The van der Waals surface area contributed by atoms with Gasteiger partial charge in [-0.25, -0.2) is 0 Å². The highest BCUT2D eigenvalue weighted by atomic mass is 32.1. The maximum atomic E-state index is 5.16. The number of benzene rings is 1. The van der Waals surface area contributed by atoms with Crippen molar-refractivity contribution >= 4 is 23.1 Å². The van der Waals surface area contributed by atoms with E-state index in [9.17, 15) is 0 Å². The number of thiocarbonyl (C=S) groups is 1. The van der Waals surface area contributed by atoms with Crippen molar-refractivity contribution in [2.24, 2.45) is 0 Å². The quantitative estimate of drug-likeness (QED) is 0.828. The first kappa shape index (κ1) is 12.6. The van der Waals surface area contributed by atoms with Crippen molar-refractivity contribution in [2.75, 3.05) is 11.9 Å². The second kappa shape index (κ2) is 6.16. The van der Waals surface area contributed by atoms with E-state index >= 15 is 0 Å². The molecule has 0 bridgehead atoms. The summed E-state index contributed by atoms with van der Waals surface area (Å²) < 4.78 is 4.94. The number of aryl methyl sites for hydroxylation is 1.